The van der Waals surface area contributed by atoms with Gasteiger partial charge in [0.2, 0.25) is 0 Å². The fraction of sp³-hybridized carbons (Fsp3) is 0.600. The van der Waals surface area contributed by atoms with Crippen molar-refractivity contribution in [3.63, 3.8) is 0 Å². The van der Waals surface area contributed by atoms with Gasteiger partial charge in [-0.05, 0) is 61.4 Å². The quantitative estimate of drug-likeness (QED) is 0.572. The molecule has 0 amide bonds. The molecule has 6 heteroatoms. The van der Waals surface area contributed by atoms with Crippen LogP contribution in [0.2, 0.25) is 0 Å². The molecule has 2 aliphatic heterocycles. The summed E-state index contributed by atoms with van der Waals surface area (Å²) in [6.07, 6.45) is 11.9. The Labute approximate surface area is 187 Å². The van der Waals surface area contributed by atoms with Gasteiger partial charge in [0.15, 0.2) is 5.96 Å². The highest BCUT2D eigenvalue weighted by Crippen LogP contribution is 2.21. The third kappa shape index (κ3) is 6.10. The molecule has 0 spiro atoms. The van der Waals surface area contributed by atoms with E-state index in [1.807, 2.05) is 25.0 Å². The van der Waals surface area contributed by atoms with Gasteiger partial charge in [0.1, 0.15) is 0 Å². The van der Waals surface area contributed by atoms with E-state index in [1.165, 1.54) is 61.9 Å². The van der Waals surface area contributed by atoms with Gasteiger partial charge in [0, 0.05) is 46.5 Å². The molecular formula is C25H38N6. The van der Waals surface area contributed by atoms with Crippen LogP contribution in [0.3, 0.4) is 0 Å². The lowest BCUT2D eigenvalue weighted by molar-refractivity contribution is 0.276. The molecule has 0 radical (unpaired) electrons. The van der Waals surface area contributed by atoms with Crippen molar-refractivity contribution in [1.29, 1.82) is 0 Å². The van der Waals surface area contributed by atoms with Crippen LogP contribution in [0.1, 0.15) is 48.8 Å². The normalized spacial score (nSPS) is 20.8. The van der Waals surface area contributed by atoms with Crippen molar-refractivity contribution in [2.45, 2.75) is 51.6 Å². The Hall–Kier alpha value is -2.34. The number of guanidine groups is 1. The molecule has 0 aliphatic carbocycles. The fourth-order valence-electron chi connectivity index (χ4n) is 5.03. The smallest absolute Gasteiger partial charge is 0.193 e. The van der Waals surface area contributed by atoms with Crippen LogP contribution in [0, 0.1) is 5.92 Å². The second kappa shape index (κ2) is 10.8. The summed E-state index contributed by atoms with van der Waals surface area (Å²) >= 11 is 0. The standard InChI is InChI=1S/C25H38N6/c1-26-25(31-14-11-21(19-31)15-22-16-28-29(2)18-22)27-17-23-9-5-6-10-24(23)20-30-12-7-3-4-8-13-30/h5-6,9-10,16,18,21H,3-4,7-8,11-15,17,19-20H2,1-2H3,(H,26,27). The molecule has 2 saturated heterocycles. The lowest BCUT2D eigenvalue weighted by atomic mass is 10.0. The van der Waals surface area contributed by atoms with E-state index in [4.69, 9.17) is 0 Å². The Bertz CT molecular complexity index is 849. The van der Waals surface area contributed by atoms with E-state index in [2.05, 4.69) is 55.7 Å². The zero-order valence-corrected chi connectivity index (χ0v) is 19.3. The number of rotatable bonds is 6. The van der Waals surface area contributed by atoms with Crippen LogP contribution in [-0.4, -0.2) is 58.8 Å². The fourth-order valence-corrected chi connectivity index (χ4v) is 5.03. The third-order valence-electron chi connectivity index (χ3n) is 6.73. The van der Waals surface area contributed by atoms with Crippen molar-refractivity contribution in [3.8, 4) is 0 Å². The molecule has 2 aromatic rings. The summed E-state index contributed by atoms with van der Waals surface area (Å²) in [4.78, 5) is 9.64. The summed E-state index contributed by atoms with van der Waals surface area (Å²) in [5.41, 5.74) is 4.17. The number of aromatic nitrogens is 2. The van der Waals surface area contributed by atoms with Crippen LogP contribution in [-0.2, 0) is 26.6 Å². The van der Waals surface area contributed by atoms with Gasteiger partial charge in [-0.2, -0.15) is 5.10 Å². The van der Waals surface area contributed by atoms with Gasteiger partial charge in [0.05, 0.1) is 6.20 Å². The predicted molar refractivity (Wildman–Crippen MR) is 127 cm³/mol. The van der Waals surface area contributed by atoms with Gasteiger partial charge in [0.25, 0.3) is 0 Å². The van der Waals surface area contributed by atoms with Crippen molar-refractivity contribution >= 4 is 5.96 Å². The van der Waals surface area contributed by atoms with Gasteiger partial charge < -0.3 is 10.2 Å². The minimum atomic E-state index is 0.665. The van der Waals surface area contributed by atoms with Crippen molar-refractivity contribution < 1.29 is 0 Å². The number of likely N-dealkylation sites (tertiary alicyclic amines) is 2. The summed E-state index contributed by atoms with van der Waals surface area (Å²) in [6, 6.07) is 8.90. The van der Waals surface area contributed by atoms with E-state index < -0.39 is 0 Å². The van der Waals surface area contributed by atoms with E-state index in [1.54, 1.807) is 0 Å². The molecule has 2 aliphatic rings. The van der Waals surface area contributed by atoms with Crippen molar-refractivity contribution in [2.75, 3.05) is 33.2 Å². The topological polar surface area (TPSA) is 48.7 Å². The van der Waals surface area contributed by atoms with E-state index >= 15 is 0 Å². The second-order valence-electron chi connectivity index (χ2n) is 9.19. The average Bonchev–Trinajstić information content (AvgIpc) is 3.32. The third-order valence-corrected chi connectivity index (χ3v) is 6.73. The number of nitrogens with zero attached hydrogens (tertiary/aromatic N) is 5. The molecule has 31 heavy (non-hydrogen) atoms. The molecule has 3 heterocycles. The number of aliphatic imine (C=N–C) groups is 1. The maximum atomic E-state index is 4.59. The Kier molecular flexibility index (Phi) is 7.62. The van der Waals surface area contributed by atoms with Gasteiger partial charge in [-0.25, -0.2) is 0 Å². The molecule has 1 N–H and O–H groups in total. The largest absolute Gasteiger partial charge is 0.352 e. The number of aryl methyl sites for hydroxylation is 1. The minimum absolute atomic E-state index is 0.665. The first-order chi connectivity index (χ1) is 15.2. The molecule has 1 aromatic carbocycles. The lowest BCUT2D eigenvalue weighted by Gasteiger charge is -2.24. The molecule has 1 aromatic heterocycles. The molecule has 6 nitrogen and oxygen atoms in total. The first-order valence-corrected chi connectivity index (χ1v) is 11.9. The molecule has 168 valence electrons. The Morgan fingerprint density at radius 1 is 1.10 bits per heavy atom. The maximum Gasteiger partial charge on any atom is 0.193 e. The predicted octanol–water partition coefficient (Wildman–Crippen LogP) is 3.44. The summed E-state index contributed by atoms with van der Waals surface area (Å²) in [7, 11) is 3.89. The Morgan fingerprint density at radius 2 is 1.87 bits per heavy atom. The molecule has 0 saturated carbocycles. The number of hydrogen-bond acceptors (Lipinski definition) is 3. The van der Waals surface area contributed by atoms with Gasteiger partial charge in [-0.15, -0.1) is 0 Å². The summed E-state index contributed by atoms with van der Waals surface area (Å²) in [6.45, 7) is 6.49. The van der Waals surface area contributed by atoms with Crippen molar-refractivity contribution in [3.05, 3.63) is 53.3 Å². The zero-order chi connectivity index (χ0) is 21.5. The van der Waals surface area contributed by atoms with Crippen LogP contribution >= 0.6 is 0 Å². The monoisotopic (exact) mass is 422 g/mol. The summed E-state index contributed by atoms with van der Waals surface area (Å²) in [5, 5.41) is 7.96. The van der Waals surface area contributed by atoms with Gasteiger partial charge in [-0.1, -0.05) is 37.1 Å². The molecule has 1 atom stereocenters. The molecular weight excluding hydrogens is 384 g/mol. The van der Waals surface area contributed by atoms with E-state index in [0.717, 1.165) is 38.6 Å². The summed E-state index contributed by atoms with van der Waals surface area (Å²) < 4.78 is 1.89. The summed E-state index contributed by atoms with van der Waals surface area (Å²) in [5.74, 6) is 1.69. The average molecular weight is 423 g/mol. The van der Waals surface area contributed by atoms with Gasteiger partial charge in [-0.3, -0.25) is 14.6 Å². The highest BCUT2D eigenvalue weighted by atomic mass is 15.3. The maximum absolute atomic E-state index is 4.59. The Balaban J connectivity index is 1.31. The second-order valence-corrected chi connectivity index (χ2v) is 9.19. The van der Waals surface area contributed by atoms with E-state index in [0.29, 0.717) is 5.92 Å². The number of nitrogens with one attached hydrogen (secondary N) is 1. The van der Waals surface area contributed by atoms with Crippen molar-refractivity contribution in [1.82, 2.24) is 24.9 Å². The van der Waals surface area contributed by atoms with Crippen LogP contribution < -0.4 is 5.32 Å². The highest BCUT2D eigenvalue weighted by Gasteiger charge is 2.25. The highest BCUT2D eigenvalue weighted by molar-refractivity contribution is 5.80. The molecule has 0 bridgehead atoms. The molecule has 2 fully saturated rings. The Morgan fingerprint density at radius 3 is 2.58 bits per heavy atom. The molecule has 4 rings (SSSR count). The van der Waals surface area contributed by atoms with Crippen LogP contribution in [0.5, 0.6) is 0 Å². The SMILES string of the molecule is CN=C(NCc1ccccc1CN1CCCCCC1)N1CCC(Cc2cnn(C)c2)C1. The van der Waals surface area contributed by atoms with E-state index in [9.17, 15) is 0 Å². The number of benzene rings is 1. The van der Waals surface area contributed by atoms with Crippen LogP contribution in [0.25, 0.3) is 0 Å². The van der Waals surface area contributed by atoms with Crippen LogP contribution in [0.15, 0.2) is 41.7 Å². The van der Waals surface area contributed by atoms with Crippen molar-refractivity contribution in [2.24, 2.45) is 18.0 Å². The molecule has 1 unspecified atom stereocenters. The number of hydrogen-bond donors (Lipinski definition) is 1. The first kappa shape index (κ1) is 21.9. The van der Waals surface area contributed by atoms with E-state index in [-0.39, 0.29) is 0 Å². The minimum Gasteiger partial charge on any atom is -0.352 e. The zero-order valence-electron chi connectivity index (χ0n) is 19.3. The van der Waals surface area contributed by atoms with Crippen LogP contribution in [0.4, 0.5) is 0 Å². The van der Waals surface area contributed by atoms with Gasteiger partial charge >= 0.3 is 0 Å². The lowest BCUT2D eigenvalue weighted by Crippen LogP contribution is -2.40. The first-order valence-electron chi connectivity index (χ1n) is 11.9.